The molecule has 0 saturated heterocycles. The van der Waals surface area contributed by atoms with Crippen LogP contribution in [0.4, 0.5) is 4.79 Å². The average Bonchev–Trinajstić information content (AvgIpc) is 2.35. The summed E-state index contributed by atoms with van der Waals surface area (Å²) < 4.78 is 0. The fourth-order valence-electron chi connectivity index (χ4n) is 1.85. The van der Waals surface area contributed by atoms with Crippen LogP contribution in [0.25, 0.3) is 0 Å². The molecule has 4 heteroatoms. The highest BCUT2D eigenvalue weighted by molar-refractivity contribution is 5.71. The molecule has 100 valence electrons. The summed E-state index contributed by atoms with van der Waals surface area (Å²) in [6, 6.07) is 8.47. The van der Waals surface area contributed by atoms with Crippen LogP contribution < -0.4 is 16.4 Å². The third-order valence-corrected chi connectivity index (χ3v) is 2.89. The average molecular weight is 249 g/mol. The summed E-state index contributed by atoms with van der Waals surface area (Å²) >= 11 is 0. The number of amides is 2. The lowest BCUT2D eigenvalue weighted by atomic mass is 10.0. The smallest absolute Gasteiger partial charge is 0.312 e. The van der Waals surface area contributed by atoms with Gasteiger partial charge >= 0.3 is 6.03 Å². The molecule has 1 aromatic rings. The van der Waals surface area contributed by atoms with Crippen LogP contribution in [0.15, 0.2) is 24.3 Å². The minimum absolute atomic E-state index is 0.273. The third-order valence-electron chi connectivity index (χ3n) is 2.89. The van der Waals surface area contributed by atoms with E-state index in [0.29, 0.717) is 13.1 Å². The molecule has 1 atom stereocenters. The summed E-state index contributed by atoms with van der Waals surface area (Å²) in [7, 11) is 0. The number of urea groups is 1. The predicted molar refractivity (Wildman–Crippen MR) is 74.4 cm³/mol. The molecule has 0 bridgehead atoms. The molecule has 0 aliphatic rings. The molecule has 1 unspecified atom stereocenters. The van der Waals surface area contributed by atoms with Crippen molar-refractivity contribution in [2.45, 2.75) is 32.7 Å². The second kappa shape index (κ2) is 7.71. The molecule has 0 fully saturated rings. The fourth-order valence-corrected chi connectivity index (χ4v) is 1.85. The zero-order valence-electron chi connectivity index (χ0n) is 11.2. The number of carbonyl (C=O) groups is 1. The first-order valence-electron chi connectivity index (χ1n) is 6.49. The van der Waals surface area contributed by atoms with Crippen LogP contribution in [0.3, 0.4) is 0 Å². The van der Waals surface area contributed by atoms with Crippen LogP contribution in [0, 0.1) is 0 Å². The first-order valence-corrected chi connectivity index (χ1v) is 6.49. The van der Waals surface area contributed by atoms with Gasteiger partial charge in [-0.1, -0.05) is 37.6 Å². The van der Waals surface area contributed by atoms with Gasteiger partial charge in [-0.05, 0) is 24.5 Å². The van der Waals surface area contributed by atoms with Crippen LogP contribution >= 0.6 is 0 Å². The summed E-state index contributed by atoms with van der Waals surface area (Å²) in [5, 5.41) is 5.89. The number of hydrogen-bond donors (Lipinski definition) is 3. The van der Waals surface area contributed by atoms with Crippen LogP contribution in [0.1, 0.15) is 37.4 Å². The Kier molecular flexibility index (Phi) is 6.22. The molecule has 0 heterocycles. The topological polar surface area (TPSA) is 67.2 Å². The number of rotatable bonds is 7. The number of primary amides is 1. The van der Waals surface area contributed by atoms with E-state index in [1.54, 1.807) is 0 Å². The first-order chi connectivity index (χ1) is 8.63. The molecule has 18 heavy (non-hydrogen) atoms. The summed E-state index contributed by atoms with van der Waals surface area (Å²) in [4.78, 5) is 10.5. The maximum Gasteiger partial charge on any atom is 0.312 e. The Hall–Kier alpha value is -1.55. The van der Waals surface area contributed by atoms with Gasteiger partial charge in [-0.3, -0.25) is 0 Å². The van der Waals surface area contributed by atoms with Crippen LogP contribution in [0.2, 0.25) is 0 Å². The number of aryl methyl sites for hydroxylation is 1. The summed E-state index contributed by atoms with van der Waals surface area (Å²) in [6.07, 6.45) is 2.30. The van der Waals surface area contributed by atoms with Crippen molar-refractivity contribution in [2.75, 3.05) is 13.1 Å². The van der Waals surface area contributed by atoms with Gasteiger partial charge < -0.3 is 16.4 Å². The SMILES string of the molecule is CCCc1ccc(C(C)NCCNC(N)=O)cc1. The van der Waals surface area contributed by atoms with Crippen molar-refractivity contribution >= 4 is 6.03 Å². The Labute approximate surface area is 109 Å². The van der Waals surface area contributed by atoms with Gasteiger partial charge in [-0.25, -0.2) is 4.79 Å². The van der Waals surface area contributed by atoms with Gasteiger partial charge in [0.25, 0.3) is 0 Å². The Balaban J connectivity index is 2.36. The van der Waals surface area contributed by atoms with Crippen molar-refractivity contribution in [3.8, 4) is 0 Å². The lowest BCUT2D eigenvalue weighted by Gasteiger charge is -2.14. The van der Waals surface area contributed by atoms with Crippen molar-refractivity contribution in [3.63, 3.8) is 0 Å². The molecule has 0 aliphatic carbocycles. The van der Waals surface area contributed by atoms with E-state index in [1.807, 2.05) is 0 Å². The minimum atomic E-state index is -0.478. The highest BCUT2D eigenvalue weighted by atomic mass is 16.2. The molecule has 0 saturated carbocycles. The molecule has 4 N–H and O–H groups in total. The van der Waals surface area contributed by atoms with E-state index in [4.69, 9.17) is 5.73 Å². The Morgan fingerprint density at radius 2 is 1.94 bits per heavy atom. The van der Waals surface area contributed by atoms with Gasteiger partial charge in [0.05, 0.1) is 0 Å². The molecule has 0 aromatic heterocycles. The summed E-state index contributed by atoms with van der Waals surface area (Å²) in [5.41, 5.74) is 7.62. The van der Waals surface area contributed by atoms with Crippen LogP contribution in [-0.2, 0) is 6.42 Å². The number of nitrogens with one attached hydrogen (secondary N) is 2. The van der Waals surface area contributed by atoms with Gasteiger partial charge in [0.15, 0.2) is 0 Å². The van der Waals surface area contributed by atoms with Gasteiger partial charge in [-0.15, -0.1) is 0 Å². The van der Waals surface area contributed by atoms with Gasteiger partial charge in [0.1, 0.15) is 0 Å². The van der Waals surface area contributed by atoms with E-state index in [-0.39, 0.29) is 6.04 Å². The zero-order chi connectivity index (χ0) is 13.4. The van der Waals surface area contributed by atoms with E-state index in [1.165, 1.54) is 17.5 Å². The lowest BCUT2D eigenvalue weighted by Crippen LogP contribution is -2.36. The van der Waals surface area contributed by atoms with Gasteiger partial charge in [-0.2, -0.15) is 0 Å². The molecule has 2 amide bonds. The number of nitrogens with two attached hydrogens (primary N) is 1. The van der Waals surface area contributed by atoms with Crippen LogP contribution in [0.5, 0.6) is 0 Å². The lowest BCUT2D eigenvalue weighted by molar-refractivity contribution is 0.249. The van der Waals surface area contributed by atoms with Gasteiger partial charge in [0, 0.05) is 19.1 Å². The molecular formula is C14H23N3O. The van der Waals surface area contributed by atoms with Crippen molar-refractivity contribution in [3.05, 3.63) is 35.4 Å². The van der Waals surface area contributed by atoms with Crippen molar-refractivity contribution in [1.29, 1.82) is 0 Å². The Bertz CT molecular complexity index is 362. The number of hydrogen-bond acceptors (Lipinski definition) is 2. The monoisotopic (exact) mass is 249 g/mol. The second-order valence-electron chi connectivity index (χ2n) is 4.46. The largest absolute Gasteiger partial charge is 0.352 e. The summed E-state index contributed by atoms with van der Waals surface area (Å²) in [5.74, 6) is 0. The van der Waals surface area contributed by atoms with E-state index in [9.17, 15) is 4.79 Å². The van der Waals surface area contributed by atoms with Gasteiger partial charge in [0.2, 0.25) is 0 Å². The molecule has 0 radical (unpaired) electrons. The van der Waals surface area contributed by atoms with E-state index in [0.717, 1.165) is 6.42 Å². The van der Waals surface area contributed by atoms with Crippen molar-refractivity contribution in [1.82, 2.24) is 10.6 Å². The quantitative estimate of drug-likeness (QED) is 0.647. The molecule has 4 nitrogen and oxygen atoms in total. The van der Waals surface area contributed by atoms with Crippen molar-refractivity contribution < 1.29 is 4.79 Å². The molecule has 0 aliphatic heterocycles. The van der Waals surface area contributed by atoms with Crippen molar-refractivity contribution in [2.24, 2.45) is 5.73 Å². The van der Waals surface area contributed by atoms with Crippen LogP contribution in [-0.4, -0.2) is 19.1 Å². The van der Waals surface area contributed by atoms with E-state index in [2.05, 4.69) is 48.7 Å². The second-order valence-corrected chi connectivity index (χ2v) is 4.46. The third kappa shape index (κ3) is 5.19. The molecule has 0 spiro atoms. The standard InChI is InChI=1S/C14H23N3O/c1-3-4-12-5-7-13(8-6-12)11(2)16-9-10-17-14(15)18/h5-8,11,16H,3-4,9-10H2,1-2H3,(H3,15,17,18). The number of benzene rings is 1. The first kappa shape index (κ1) is 14.5. The minimum Gasteiger partial charge on any atom is -0.352 e. The van der Waals surface area contributed by atoms with E-state index < -0.39 is 6.03 Å². The fraction of sp³-hybridized carbons (Fsp3) is 0.500. The normalized spacial score (nSPS) is 12.1. The Morgan fingerprint density at radius 3 is 2.50 bits per heavy atom. The highest BCUT2D eigenvalue weighted by Crippen LogP contribution is 2.13. The molecule has 1 aromatic carbocycles. The highest BCUT2D eigenvalue weighted by Gasteiger charge is 2.04. The zero-order valence-corrected chi connectivity index (χ0v) is 11.2. The Morgan fingerprint density at radius 1 is 1.28 bits per heavy atom. The maximum atomic E-state index is 10.5. The van der Waals surface area contributed by atoms with E-state index >= 15 is 0 Å². The summed E-state index contributed by atoms with van der Waals surface area (Å²) in [6.45, 7) is 5.55. The molecular weight excluding hydrogens is 226 g/mol. The maximum absolute atomic E-state index is 10.5. The predicted octanol–water partition coefficient (Wildman–Crippen LogP) is 1.96. The number of carbonyl (C=O) groups excluding carboxylic acids is 1. The molecule has 1 rings (SSSR count).